The van der Waals surface area contributed by atoms with Crippen LogP contribution in [0, 0.1) is 5.92 Å². The number of aryl methyl sites for hydroxylation is 1. The van der Waals surface area contributed by atoms with E-state index >= 15 is 0 Å². The van der Waals surface area contributed by atoms with E-state index in [-0.39, 0.29) is 12.5 Å². The summed E-state index contributed by atoms with van der Waals surface area (Å²) in [6.07, 6.45) is 2.00. The van der Waals surface area contributed by atoms with Gasteiger partial charge in [-0.3, -0.25) is 4.68 Å². The second-order valence-corrected chi connectivity index (χ2v) is 5.62. The highest BCUT2D eigenvalue weighted by Crippen LogP contribution is 2.08. The van der Waals surface area contributed by atoms with Gasteiger partial charge in [-0.05, 0) is 33.3 Å². The number of hydrogen-bond acceptors (Lipinski definition) is 4. The van der Waals surface area contributed by atoms with Crippen LogP contribution in [0.25, 0.3) is 0 Å². The Morgan fingerprint density at radius 1 is 1.58 bits per heavy atom. The quantitative estimate of drug-likeness (QED) is 0.839. The Labute approximate surface area is 113 Å². The first kappa shape index (κ1) is 15.5. The van der Waals surface area contributed by atoms with Crippen LogP contribution in [-0.4, -0.2) is 39.7 Å². The molecule has 19 heavy (non-hydrogen) atoms. The molecule has 108 valence electrons. The van der Waals surface area contributed by atoms with Crippen molar-refractivity contribution in [2.45, 2.75) is 32.8 Å². The number of nitrogens with one attached hydrogen (secondary N) is 1. The SMILES string of the molecule is Cn1ccc(CC(CO)CNC(=O)OC(C)(C)C)n1. The van der Waals surface area contributed by atoms with Crippen molar-refractivity contribution in [2.24, 2.45) is 13.0 Å². The summed E-state index contributed by atoms with van der Waals surface area (Å²) >= 11 is 0. The molecule has 0 aromatic carbocycles. The summed E-state index contributed by atoms with van der Waals surface area (Å²) in [5.74, 6) is -0.0672. The van der Waals surface area contributed by atoms with Gasteiger partial charge in [-0.15, -0.1) is 0 Å². The Morgan fingerprint density at radius 2 is 2.26 bits per heavy atom. The first-order valence-corrected chi connectivity index (χ1v) is 6.36. The topological polar surface area (TPSA) is 76.4 Å². The maximum absolute atomic E-state index is 11.5. The summed E-state index contributed by atoms with van der Waals surface area (Å²) in [6, 6.07) is 1.90. The molecule has 6 heteroatoms. The van der Waals surface area contributed by atoms with Gasteiger partial charge in [0.2, 0.25) is 0 Å². The van der Waals surface area contributed by atoms with Crippen LogP contribution >= 0.6 is 0 Å². The highest BCUT2D eigenvalue weighted by molar-refractivity contribution is 5.67. The van der Waals surface area contributed by atoms with Gasteiger partial charge in [0.1, 0.15) is 5.60 Å². The molecule has 0 aliphatic carbocycles. The van der Waals surface area contributed by atoms with Crippen molar-refractivity contribution in [3.8, 4) is 0 Å². The Hall–Kier alpha value is -1.56. The Kier molecular flexibility index (Phi) is 5.35. The molecule has 0 aliphatic rings. The van der Waals surface area contributed by atoms with E-state index in [0.717, 1.165) is 5.69 Å². The van der Waals surface area contributed by atoms with Crippen LogP contribution in [0.3, 0.4) is 0 Å². The van der Waals surface area contributed by atoms with Crippen molar-refractivity contribution in [2.75, 3.05) is 13.2 Å². The highest BCUT2D eigenvalue weighted by atomic mass is 16.6. The van der Waals surface area contributed by atoms with Crippen molar-refractivity contribution in [3.05, 3.63) is 18.0 Å². The van der Waals surface area contributed by atoms with Crippen LogP contribution in [-0.2, 0) is 18.2 Å². The fourth-order valence-corrected chi connectivity index (χ4v) is 1.61. The second kappa shape index (κ2) is 6.56. The lowest BCUT2D eigenvalue weighted by molar-refractivity contribution is 0.0512. The maximum atomic E-state index is 11.5. The van der Waals surface area contributed by atoms with E-state index in [0.29, 0.717) is 13.0 Å². The Balaban J connectivity index is 2.38. The average molecular weight is 269 g/mol. The summed E-state index contributed by atoms with van der Waals surface area (Å²) in [6.45, 7) is 5.78. The summed E-state index contributed by atoms with van der Waals surface area (Å²) in [4.78, 5) is 11.5. The standard InChI is InChI=1S/C13H23N3O3/c1-13(2,3)19-12(18)14-8-10(9-17)7-11-5-6-16(4)15-11/h5-6,10,17H,7-9H2,1-4H3,(H,14,18). The lowest BCUT2D eigenvalue weighted by Crippen LogP contribution is -2.36. The number of aromatic nitrogens is 2. The van der Waals surface area contributed by atoms with E-state index in [1.54, 1.807) is 4.68 Å². The number of aliphatic hydroxyl groups excluding tert-OH is 1. The van der Waals surface area contributed by atoms with Gasteiger partial charge in [0.15, 0.2) is 0 Å². The van der Waals surface area contributed by atoms with Gasteiger partial charge < -0.3 is 15.2 Å². The van der Waals surface area contributed by atoms with E-state index < -0.39 is 11.7 Å². The summed E-state index contributed by atoms with van der Waals surface area (Å²) in [7, 11) is 1.84. The summed E-state index contributed by atoms with van der Waals surface area (Å²) in [5, 5.41) is 16.2. The molecule has 0 radical (unpaired) electrons. The first-order valence-electron chi connectivity index (χ1n) is 6.36. The van der Waals surface area contributed by atoms with Crippen LogP contribution in [0.4, 0.5) is 4.79 Å². The third-order valence-corrected chi connectivity index (χ3v) is 2.46. The zero-order valence-corrected chi connectivity index (χ0v) is 12.0. The monoisotopic (exact) mass is 269 g/mol. The predicted octanol–water partition coefficient (Wildman–Crippen LogP) is 1.10. The second-order valence-electron chi connectivity index (χ2n) is 5.62. The average Bonchev–Trinajstić information content (AvgIpc) is 2.67. The number of carbonyl (C=O) groups is 1. The molecule has 1 atom stereocenters. The lowest BCUT2D eigenvalue weighted by atomic mass is 10.0. The van der Waals surface area contributed by atoms with Gasteiger partial charge in [-0.25, -0.2) is 4.79 Å². The molecule has 0 saturated heterocycles. The van der Waals surface area contributed by atoms with Crippen LogP contribution in [0.1, 0.15) is 26.5 Å². The van der Waals surface area contributed by atoms with Gasteiger partial charge in [-0.1, -0.05) is 0 Å². The minimum absolute atomic E-state index is 0.00757. The molecule has 0 aliphatic heterocycles. The molecular weight excluding hydrogens is 246 g/mol. The third kappa shape index (κ3) is 6.24. The summed E-state index contributed by atoms with van der Waals surface area (Å²) in [5.41, 5.74) is 0.382. The molecule has 0 saturated carbocycles. The molecule has 1 heterocycles. The molecule has 1 rings (SSSR count). The van der Waals surface area contributed by atoms with Gasteiger partial charge in [0.25, 0.3) is 0 Å². The number of carbonyl (C=O) groups excluding carboxylic acids is 1. The van der Waals surface area contributed by atoms with Gasteiger partial charge in [-0.2, -0.15) is 5.10 Å². The number of hydrogen-bond donors (Lipinski definition) is 2. The Bertz CT molecular complexity index is 410. The third-order valence-electron chi connectivity index (χ3n) is 2.46. The van der Waals surface area contributed by atoms with Crippen molar-refractivity contribution >= 4 is 6.09 Å². The van der Waals surface area contributed by atoms with Crippen molar-refractivity contribution < 1.29 is 14.6 Å². The fraction of sp³-hybridized carbons (Fsp3) is 0.692. The van der Waals surface area contributed by atoms with Crippen molar-refractivity contribution in [1.29, 1.82) is 0 Å². The fourth-order valence-electron chi connectivity index (χ4n) is 1.61. The smallest absolute Gasteiger partial charge is 0.407 e. The molecule has 0 bridgehead atoms. The van der Waals surface area contributed by atoms with Crippen LogP contribution in [0.15, 0.2) is 12.3 Å². The van der Waals surface area contributed by atoms with Gasteiger partial charge in [0, 0.05) is 32.3 Å². The first-order chi connectivity index (χ1) is 8.80. The molecule has 2 N–H and O–H groups in total. The zero-order valence-electron chi connectivity index (χ0n) is 12.0. The predicted molar refractivity (Wildman–Crippen MR) is 71.7 cm³/mol. The van der Waals surface area contributed by atoms with Crippen LogP contribution in [0.2, 0.25) is 0 Å². The number of amides is 1. The molecule has 0 spiro atoms. The molecule has 6 nitrogen and oxygen atoms in total. The Morgan fingerprint density at radius 3 is 2.74 bits per heavy atom. The zero-order chi connectivity index (χ0) is 14.5. The summed E-state index contributed by atoms with van der Waals surface area (Å²) < 4.78 is 6.85. The van der Waals surface area contributed by atoms with Crippen molar-refractivity contribution in [1.82, 2.24) is 15.1 Å². The van der Waals surface area contributed by atoms with E-state index in [1.807, 2.05) is 40.1 Å². The number of alkyl carbamates (subject to hydrolysis) is 1. The normalized spacial score (nSPS) is 13.1. The lowest BCUT2D eigenvalue weighted by Gasteiger charge is -2.21. The number of ether oxygens (including phenoxy) is 1. The molecular formula is C13H23N3O3. The van der Waals surface area contributed by atoms with Gasteiger partial charge in [0.05, 0.1) is 5.69 Å². The molecule has 1 unspecified atom stereocenters. The minimum atomic E-state index is -0.514. The van der Waals surface area contributed by atoms with E-state index in [9.17, 15) is 9.90 Å². The van der Waals surface area contributed by atoms with Crippen molar-refractivity contribution in [3.63, 3.8) is 0 Å². The number of aliphatic hydroxyl groups is 1. The van der Waals surface area contributed by atoms with E-state index in [4.69, 9.17) is 4.74 Å². The van der Waals surface area contributed by atoms with Crippen LogP contribution < -0.4 is 5.32 Å². The molecule has 1 amide bonds. The maximum Gasteiger partial charge on any atom is 0.407 e. The van der Waals surface area contributed by atoms with E-state index in [2.05, 4.69) is 10.4 Å². The van der Waals surface area contributed by atoms with Gasteiger partial charge >= 0.3 is 6.09 Å². The highest BCUT2D eigenvalue weighted by Gasteiger charge is 2.17. The molecule has 1 aromatic rings. The minimum Gasteiger partial charge on any atom is -0.444 e. The number of rotatable bonds is 5. The van der Waals surface area contributed by atoms with Crippen LogP contribution in [0.5, 0.6) is 0 Å². The van der Waals surface area contributed by atoms with E-state index in [1.165, 1.54) is 0 Å². The molecule has 1 aromatic heterocycles. The molecule has 0 fully saturated rings. The number of nitrogens with zero attached hydrogens (tertiary/aromatic N) is 2. The largest absolute Gasteiger partial charge is 0.444 e.